The first-order valence-corrected chi connectivity index (χ1v) is 6.70. The molecule has 5 heteroatoms. The molecule has 0 spiro atoms. The smallest absolute Gasteiger partial charge is 0.314 e. The van der Waals surface area contributed by atoms with Crippen LogP contribution in [-0.4, -0.2) is 11.8 Å². The molecule has 0 saturated carbocycles. The van der Waals surface area contributed by atoms with Crippen LogP contribution in [0.4, 0.5) is 11.4 Å². The first-order chi connectivity index (χ1) is 10.5. The molecule has 0 fully saturated rings. The third-order valence-corrected chi connectivity index (χ3v) is 3.33. The van der Waals surface area contributed by atoms with Crippen LogP contribution in [0, 0.1) is 25.2 Å². The summed E-state index contributed by atoms with van der Waals surface area (Å²) in [7, 11) is 0. The molecule has 2 aromatic carbocycles. The van der Waals surface area contributed by atoms with E-state index in [1.54, 1.807) is 30.3 Å². The normalized spacial score (nSPS) is 9.68. The Kier molecular flexibility index (Phi) is 4.54. The largest absolute Gasteiger partial charge is 0.318 e. The lowest BCUT2D eigenvalue weighted by atomic mass is 10.1. The zero-order valence-electron chi connectivity index (χ0n) is 12.3. The summed E-state index contributed by atoms with van der Waals surface area (Å²) in [6, 6.07) is 13.8. The van der Waals surface area contributed by atoms with Crippen LogP contribution in [0.2, 0.25) is 0 Å². The summed E-state index contributed by atoms with van der Waals surface area (Å²) in [6.07, 6.45) is 0. The monoisotopic (exact) mass is 293 g/mol. The van der Waals surface area contributed by atoms with E-state index >= 15 is 0 Å². The average Bonchev–Trinajstić information content (AvgIpc) is 2.52. The van der Waals surface area contributed by atoms with E-state index in [1.807, 2.05) is 32.0 Å². The second-order valence-corrected chi connectivity index (χ2v) is 4.84. The Hall–Kier alpha value is -3.13. The van der Waals surface area contributed by atoms with E-state index in [9.17, 15) is 9.59 Å². The number of aryl methyl sites for hydroxylation is 1. The lowest BCUT2D eigenvalue weighted by molar-refractivity contribution is -0.133. The summed E-state index contributed by atoms with van der Waals surface area (Å²) in [5.74, 6) is -1.50. The van der Waals surface area contributed by atoms with Gasteiger partial charge in [-0.1, -0.05) is 12.1 Å². The standard InChI is InChI=1S/C17H15N3O2/c1-11-4-3-5-15(12(11)2)20-17(22)16(21)19-14-8-6-13(10-18)7-9-14/h3-9H,1-2H3,(H,19,21)(H,20,22). The number of rotatable bonds is 2. The maximum Gasteiger partial charge on any atom is 0.314 e. The molecule has 0 saturated heterocycles. The van der Waals surface area contributed by atoms with Crippen molar-refractivity contribution in [2.24, 2.45) is 0 Å². The van der Waals surface area contributed by atoms with Crippen LogP contribution in [0.5, 0.6) is 0 Å². The molecule has 22 heavy (non-hydrogen) atoms. The molecule has 2 aromatic rings. The van der Waals surface area contributed by atoms with Crippen molar-refractivity contribution in [1.82, 2.24) is 0 Å². The zero-order valence-corrected chi connectivity index (χ0v) is 12.3. The van der Waals surface area contributed by atoms with E-state index in [0.717, 1.165) is 11.1 Å². The molecule has 5 nitrogen and oxygen atoms in total. The van der Waals surface area contributed by atoms with Gasteiger partial charge in [0, 0.05) is 11.4 Å². The van der Waals surface area contributed by atoms with Gasteiger partial charge in [-0.3, -0.25) is 9.59 Å². The maximum absolute atomic E-state index is 11.9. The van der Waals surface area contributed by atoms with Gasteiger partial charge in [0.25, 0.3) is 0 Å². The van der Waals surface area contributed by atoms with Crippen molar-refractivity contribution in [3.63, 3.8) is 0 Å². The number of hydrogen-bond donors (Lipinski definition) is 2. The number of carbonyl (C=O) groups is 2. The van der Waals surface area contributed by atoms with Gasteiger partial charge in [0.2, 0.25) is 0 Å². The van der Waals surface area contributed by atoms with Gasteiger partial charge in [-0.2, -0.15) is 5.26 Å². The van der Waals surface area contributed by atoms with Crippen molar-refractivity contribution < 1.29 is 9.59 Å². The van der Waals surface area contributed by atoms with Crippen LogP contribution in [0.3, 0.4) is 0 Å². The maximum atomic E-state index is 11.9. The van der Waals surface area contributed by atoms with Crippen LogP contribution in [0.1, 0.15) is 16.7 Å². The van der Waals surface area contributed by atoms with E-state index in [2.05, 4.69) is 10.6 Å². The van der Waals surface area contributed by atoms with E-state index in [1.165, 1.54) is 0 Å². The Morgan fingerprint density at radius 2 is 1.59 bits per heavy atom. The molecule has 0 aromatic heterocycles. The Labute approximate surface area is 128 Å². The van der Waals surface area contributed by atoms with Gasteiger partial charge in [-0.15, -0.1) is 0 Å². The second-order valence-electron chi connectivity index (χ2n) is 4.84. The summed E-state index contributed by atoms with van der Waals surface area (Å²) in [5.41, 5.74) is 3.50. The van der Waals surface area contributed by atoms with Crippen molar-refractivity contribution in [2.45, 2.75) is 13.8 Å². The summed E-state index contributed by atoms with van der Waals surface area (Å²) in [6.45, 7) is 3.81. The number of anilines is 2. The minimum Gasteiger partial charge on any atom is -0.318 e. The molecule has 0 atom stereocenters. The lowest BCUT2D eigenvalue weighted by Gasteiger charge is -2.10. The molecule has 0 heterocycles. The fraction of sp³-hybridized carbons (Fsp3) is 0.118. The molecule has 0 unspecified atom stereocenters. The van der Waals surface area contributed by atoms with Gasteiger partial charge in [-0.05, 0) is 55.3 Å². The van der Waals surface area contributed by atoms with Crippen LogP contribution in [0.15, 0.2) is 42.5 Å². The van der Waals surface area contributed by atoms with Gasteiger partial charge >= 0.3 is 11.8 Å². The minimum atomic E-state index is -0.759. The van der Waals surface area contributed by atoms with Crippen molar-refractivity contribution >= 4 is 23.2 Å². The molecule has 2 amide bonds. The SMILES string of the molecule is Cc1cccc(NC(=O)C(=O)Nc2ccc(C#N)cc2)c1C. The second kappa shape index (κ2) is 6.55. The molecule has 2 N–H and O–H groups in total. The van der Waals surface area contributed by atoms with Gasteiger partial charge in [-0.25, -0.2) is 0 Å². The molecule has 2 rings (SSSR count). The van der Waals surface area contributed by atoms with Gasteiger partial charge < -0.3 is 10.6 Å². The Balaban J connectivity index is 2.04. The lowest BCUT2D eigenvalue weighted by Crippen LogP contribution is -2.29. The van der Waals surface area contributed by atoms with Crippen molar-refractivity contribution in [2.75, 3.05) is 10.6 Å². The first kappa shape index (κ1) is 15.3. The molecule has 0 aliphatic carbocycles. The summed E-state index contributed by atoms with van der Waals surface area (Å²) >= 11 is 0. The Morgan fingerprint density at radius 1 is 0.955 bits per heavy atom. The number of carbonyl (C=O) groups excluding carboxylic acids is 2. The highest BCUT2D eigenvalue weighted by Crippen LogP contribution is 2.18. The number of nitriles is 1. The molecule has 0 aliphatic heterocycles. The number of hydrogen-bond acceptors (Lipinski definition) is 3. The quantitative estimate of drug-likeness (QED) is 0.835. The number of benzene rings is 2. The fourth-order valence-corrected chi connectivity index (χ4v) is 1.88. The predicted molar refractivity (Wildman–Crippen MR) is 84.3 cm³/mol. The number of nitrogens with zero attached hydrogens (tertiary/aromatic N) is 1. The number of nitrogens with one attached hydrogen (secondary N) is 2. The van der Waals surface area contributed by atoms with Crippen LogP contribution in [0.25, 0.3) is 0 Å². The highest BCUT2D eigenvalue weighted by Gasteiger charge is 2.15. The van der Waals surface area contributed by atoms with Gasteiger partial charge in [0.15, 0.2) is 0 Å². The molecular formula is C17H15N3O2. The molecule has 110 valence electrons. The van der Waals surface area contributed by atoms with Crippen molar-refractivity contribution in [3.05, 3.63) is 59.2 Å². The minimum absolute atomic E-state index is 0.458. The highest BCUT2D eigenvalue weighted by atomic mass is 16.2. The van der Waals surface area contributed by atoms with Crippen LogP contribution >= 0.6 is 0 Å². The fourth-order valence-electron chi connectivity index (χ4n) is 1.88. The predicted octanol–water partition coefficient (Wildman–Crippen LogP) is 2.75. The van der Waals surface area contributed by atoms with Gasteiger partial charge in [0.1, 0.15) is 0 Å². The highest BCUT2D eigenvalue weighted by molar-refractivity contribution is 6.43. The average molecular weight is 293 g/mol. The van der Waals surface area contributed by atoms with E-state index in [-0.39, 0.29) is 0 Å². The number of amides is 2. The van der Waals surface area contributed by atoms with Crippen molar-refractivity contribution in [3.8, 4) is 6.07 Å². The first-order valence-electron chi connectivity index (χ1n) is 6.70. The topological polar surface area (TPSA) is 82.0 Å². The molecule has 0 aliphatic rings. The van der Waals surface area contributed by atoms with Crippen molar-refractivity contribution in [1.29, 1.82) is 5.26 Å². The Bertz CT molecular complexity index is 758. The van der Waals surface area contributed by atoms with Crippen LogP contribution < -0.4 is 10.6 Å². The molecule has 0 bridgehead atoms. The van der Waals surface area contributed by atoms with E-state index in [4.69, 9.17) is 5.26 Å². The summed E-state index contributed by atoms with van der Waals surface area (Å²) in [4.78, 5) is 23.8. The third kappa shape index (κ3) is 3.49. The van der Waals surface area contributed by atoms with E-state index < -0.39 is 11.8 Å². The summed E-state index contributed by atoms with van der Waals surface area (Å²) in [5, 5.41) is 13.8. The van der Waals surface area contributed by atoms with Crippen LogP contribution in [-0.2, 0) is 9.59 Å². The van der Waals surface area contributed by atoms with Gasteiger partial charge in [0.05, 0.1) is 11.6 Å². The van der Waals surface area contributed by atoms with E-state index in [0.29, 0.717) is 16.9 Å². The zero-order chi connectivity index (χ0) is 16.1. The molecule has 0 radical (unpaired) electrons. The Morgan fingerprint density at radius 3 is 2.23 bits per heavy atom. The molecular weight excluding hydrogens is 278 g/mol. The third-order valence-electron chi connectivity index (χ3n) is 3.33. The summed E-state index contributed by atoms with van der Waals surface area (Å²) < 4.78 is 0.